The Morgan fingerprint density at radius 1 is 0.947 bits per heavy atom. The molecule has 0 radical (unpaired) electrons. The Kier molecular flexibility index (Phi) is 5.62. The van der Waals surface area contributed by atoms with Gasteiger partial charge < -0.3 is 19.2 Å². The summed E-state index contributed by atoms with van der Waals surface area (Å²) < 4.78 is 58.9. The van der Waals surface area contributed by atoms with Crippen molar-refractivity contribution in [1.29, 1.82) is 0 Å². The number of methoxy groups -OCH3 is 1. The zero-order valence-corrected chi connectivity index (χ0v) is 20.3. The number of carbonyl (C=O) groups is 2. The second kappa shape index (κ2) is 8.90. The highest BCUT2D eigenvalue weighted by Gasteiger charge is 2.35. The zero-order chi connectivity index (χ0) is 26.7. The lowest BCUT2D eigenvalue weighted by Crippen LogP contribution is -2.40. The first kappa shape index (κ1) is 24.0. The maximum atomic E-state index is 16.0. The van der Waals surface area contributed by atoms with Gasteiger partial charge in [0.2, 0.25) is 5.36 Å². The first-order valence-corrected chi connectivity index (χ1v) is 12.2. The number of fused-ring (bicyclic) bond motifs is 2. The molecule has 38 heavy (non-hydrogen) atoms. The molecule has 0 aromatic heterocycles. The molecule has 0 saturated carbocycles. The van der Waals surface area contributed by atoms with Crippen molar-refractivity contribution in [3.8, 4) is 22.5 Å². The quantitative estimate of drug-likeness (QED) is 0.184. The van der Waals surface area contributed by atoms with Crippen molar-refractivity contribution in [3.63, 3.8) is 0 Å². The van der Waals surface area contributed by atoms with E-state index < -0.39 is 46.1 Å². The van der Waals surface area contributed by atoms with Crippen molar-refractivity contribution < 1.29 is 37.0 Å². The summed E-state index contributed by atoms with van der Waals surface area (Å²) in [6, 6.07) is 10.3. The number of aromatic carboxylic acids is 1. The molecule has 6 rings (SSSR count). The first-order valence-electron chi connectivity index (χ1n) is 12.2. The summed E-state index contributed by atoms with van der Waals surface area (Å²) in [4.78, 5) is 26.6. The molecule has 7 nitrogen and oxygen atoms in total. The van der Waals surface area contributed by atoms with Gasteiger partial charge in [-0.2, -0.15) is 0 Å². The highest BCUT2D eigenvalue weighted by Crippen LogP contribution is 2.45. The number of hydrogen-bond donors (Lipinski definition) is 1. The van der Waals surface area contributed by atoms with Gasteiger partial charge in [0.1, 0.15) is 41.4 Å². The number of carboxylic acid groups (broad SMARTS) is 1. The second-order valence-corrected chi connectivity index (χ2v) is 9.38. The molecule has 4 aliphatic rings. The number of nitrogens with zero attached hydrogens (tertiary/aromatic N) is 2. The van der Waals surface area contributed by atoms with Crippen molar-refractivity contribution >= 4 is 28.6 Å². The van der Waals surface area contributed by atoms with Crippen LogP contribution in [0.1, 0.15) is 33.6 Å². The number of ether oxygens (including phenoxy) is 1. The molecule has 0 unspecified atom stereocenters. The molecule has 2 saturated heterocycles. The van der Waals surface area contributed by atoms with E-state index in [1.165, 1.54) is 0 Å². The van der Waals surface area contributed by atoms with Crippen LogP contribution >= 0.6 is 0 Å². The molecule has 1 aliphatic carbocycles. The highest BCUT2D eigenvalue weighted by molar-refractivity contribution is 6.09. The normalized spacial score (nSPS) is 14.9. The second-order valence-electron chi connectivity index (χ2n) is 9.38. The lowest BCUT2D eigenvalue weighted by molar-refractivity contribution is 0.0584. The lowest BCUT2D eigenvalue weighted by Gasteiger charge is -2.33. The van der Waals surface area contributed by atoms with E-state index in [0.29, 0.717) is 11.3 Å². The highest BCUT2D eigenvalue weighted by atomic mass is 19.2. The van der Waals surface area contributed by atoms with E-state index in [9.17, 15) is 19.1 Å². The predicted molar refractivity (Wildman–Crippen MR) is 133 cm³/mol. The smallest absolute Gasteiger partial charge is 0.344 e. The topological polar surface area (TPSA) is 83.0 Å². The molecular weight excluding hydrogens is 501 g/mol. The number of hydrogen-bond acceptors (Lipinski definition) is 5. The number of benzene rings is 3. The van der Waals surface area contributed by atoms with Crippen LogP contribution in [-0.4, -0.2) is 50.3 Å². The van der Waals surface area contributed by atoms with Gasteiger partial charge in [-0.15, -0.1) is 0 Å². The number of carboxylic acids is 1. The molecule has 3 aliphatic heterocycles. The number of esters is 1. The van der Waals surface area contributed by atoms with E-state index in [2.05, 4.69) is 14.2 Å². The van der Waals surface area contributed by atoms with E-state index in [-0.39, 0.29) is 16.5 Å². The summed E-state index contributed by atoms with van der Waals surface area (Å²) in [6.45, 7) is 3.42. The Morgan fingerprint density at radius 3 is 2.29 bits per heavy atom. The fraction of sp³-hybridized carbons (Fsp3) is 0.250. The third-order valence-corrected chi connectivity index (χ3v) is 7.31. The maximum absolute atomic E-state index is 16.0. The SMILES string of the molecule is COC(=O)c1c(F)c(F)c(C(=O)O)c(-c2c3ccc(=[N+]4CCC4)cc-3oc3cc(N4CCC4)ccc23)c1F. The third kappa shape index (κ3) is 3.54. The maximum Gasteiger partial charge on any atom is 0.344 e. The molecule has 2 fully saturated rings. The van der Waals surface area contributed by atoms with Crippen LogP contribution < -0.4 is 14.8 Å². The Balaban J connectivity index is 1.77. The number of rotatable bonds is 4. The van der Waals surface area contributed by atoms with Crippen molar-refractivity contribution in [2.45, 2.75) is 12.8 Å². The van der Waals surface area contributed by atoms with Gasteiger partial charge in [0.05, 0.1) is 19.6 Å². The molecule has 3 heterocycles. The standard InChI is InChI=1S/C28H21F3N2O5/c1-37-28(36)23-24(29)21(22(27(34)35)25(30)26(23)31)20-16-6-4-14(32-8-2-9-32)12-18(16)38-19-13-15(5-7-17(19)20)33-10-3-11-33/h4-7,12-13H,2-3,8-11H2,1H3/p+1. The van der Waals surface area contributed by atoms with Crippen LogP contribution in [-0.2, 0) is 4.74 Å². The van der Waals surface area contributed by atoms with Gasteiger partial charge >= 0.3 is 11.9 Å². The van der Waals surface area contributed by atoms with E-state index in [1.807, 2.05) is 0 Å². The van der Waals surface area contributed by atoms with Gasteiger partial charge in [-0.05, 0) is 24.6 Å². The molecule has 2 aromatic carbocycles. The monoisotopic (exact) mass is 523 g/mol. The van der Waals surface area contributed by atoms with E-state index in [0.717, 1.165) is 57.2 Å². The molecule has 0 amide bonds. The van der Waals surface area contributed by atoms with E-state index in [1.54, 1.807) is 36.4 Å². The Labute approximate surface area is 214 Å². The van der Waals surface area contributed by atoms with Crippen molar-refractivity contribution in [2.24, 2.45) is 0 Å². The summed E-state index contributed by atoms with van der Waals surface area (Å²) in [7, 11) is 0.894. The Bertz CT molecular complexity index is 1700. The van der Waals surface area contributed by atoms with Crippen molar-refractivity contribution in [2.75, 3.05) is 38.2 Å². The van der Waals surface area contributed by atoms with Crippen LogP contribution in [0.5, 0.6) is 0 Å². The summed E-state index contributed by atoms with van der Waals surface area (Å²) in [5, 5.41) is 11.0. The minimum absolute atomic E-state index is 0.0227. The molecule has 10 heteroatoms. The summed E-state index contributed by atoms with van der Waals surface area (Å²) in [5.74, 6) is -8.36. The van der Waals surface area contributed by atoms with Crippen LogP contribution in [0.25, 0.3) is 33.4 Å². The van der Waals surface area contributed by atoms with E-state index in [4.69, 9.17) is 4.42 Å². The molecule has 0 spiro atoms. The third-order valence-electron chi connectivity index (χ3n) is 7.31. The van der Waals surface area contributed by atoms with Crippen molar-refractivity contribution in [3.05, 3.63) is 70.3 Å². The molecule has 2 aromatic rings. The molecule has 194 valence electrons. The minimum Gasteiger partial charge on any atom is -0.478 e. The first-order chi connectivity index (χ1) is 18.3. The summed E-state index contributed by atoms with van der Waals surface area (Å²) >= 11 is 0. The zero-order valence-electron chi connectivity index (χ0n) is 20.3. The number of halogens is 3. The molecular formula is C28H22F3N2O5+. The number of anilines is 1. The predicted octanol–water partition coefficient (Wildman–Crippen LogP) is 4.49. The van der Waals surface area contributed by atoms with Gasteiger partial charge in [0.15, 0.2) is 11.6 Å². The van der Waals surface area contributed by atoms with Crippen LogP contribution in [0.2, 0.25) is 0 Å². The summed E-state index contributed by atoms with van der Waals surface area (Å²) in [6.07, 6.45) is 2.07. The van der Waals surface area contributed by atoms with Crippen LogP contribution in [0.3, 0.4) is 0 Å². The fourth-order valence-corrected chi connectivity index (χ4v) is 5.06. The van der Waals surface area contributed by atoms with Crippen LogP contribution in [0.15, 0.2) is 40.8 Å². The van der Waals surface area contributed by atoms with Crippen molar-refractivity contribution in [1.82, 2.24) is 4.58 Å². The van der Waals surface area contributed by atoms with Crippen LogP contribution in [0.4, 0.5) is 18.9 Å². The Morgan fingerprint density at radius 2 is 1.68 bits per heavy atom. The molecule has 1 N–H and O–H groups in total. The minimum atomic E-state index is -1.93. The Hall–Kier alpha value is -4.34. The molecule has 0 bridgehead atoms. The molecule has 0 atom stereocenters. The summed E-state index contributed by atoms with van der Waals surface area (Å²) in [5.41, 5.74) is -1.86. The van der Waals surface area contributed by atoms with Gasteiger partial charge in [-0.1, -0.05) is 0 Å². The average Bonchev–Trinajstić information content (AvgIpc) is 2.82. The van der Waals surface area contributed by atoms with Gasteiger partial charge in [-0.3, -0.25) is 0 Å². The average molecular weight is 523 g/mol. The van der Waals surface area contributed by atoms with Crippen LogP contribution in [0, 0.1) is 17.5 Å². The van der Waals surface area contributed by atoms with Gasteiger partial charge in [-0.25, -0.2) is 27.3 Å². The lowest BCUT2D eigenvalue weighted by atomic mass is 9.88. The largest absolute Gasteiger partial charge is 0.478 e. The van der Waals surface area contributed by atoms with E-state index >= 15 is 8.78 Å². The number of carbonyl (C=O) groups excluding carboxylic acids is 1. The van der Waals surface area contributed by atoms with Gasteiger partial charge in [0.25, 0.3) is 0 Å². The fourth-order valence-electron chi connectivity index (χ4n) is 5.06. The van der Waals surface area contributed by atoms with Gasteiger partial charge in [0, 0.05) is 53.0 Å².